The molecule has 132 valence electrons. The van der Waals surface area contributed by atoms with Crippen molar-refractivity contribution < 1.29 is 4.79 Å². The number of rotatable bonds is 4. The molecule has 1 amide bonds. The van der Waals surface area contributed by atoms with Gasteiger partial charge in [0.25, 0.3) is 0 Å². The lowest BCUT2D eigenvalue weighted by Gasteiger charge is -2.35. The van der Waals surface area contributed by atoms with Crippen LogP contribution in [0.2, 0.25) is 15.1 Å². The predicted octanol–water partition coefficient (Wildman–Crippen LogP) is 4.41. The maximum Gasteiger partial charge on any atom is 0.238 e. The first kappa shape index (κ1) is 18.3. The van der Waals surface area contributed by atoms with E-state index in [1.165, 1.54) is 0 Å². The molecule has 1 saturated heterocycles. The maximum absolute atomic E-state index is 12.3. The van der Waals surface area contributed by atoms with Crippen LogP contribution in [0.3, 0.4) is 0 Å². The average molecular weight is 399 g/mol. The van der Waals surface area contributed by atoms with Crippen molar-refractivity contribution in [1.82, 2.24) is 4.90 Å². The van der Waals surface area contributed by atoms with Crippen LogP contribution in [0.15, 0.2) is 42.5 Å². The predicted molar refractivity (Wildman–Crippen MR) is 105 cm³/mol. The van der Waals surface area contributed by atoms with Gasteiger partial charge in [-0.3, -0.25) is 9.69 Å². The number of halogens is 3. The lowest BCUT2D eigenvalue weighted by Crippen LogP contribution is -2.48. The Kier molecular flexibility index (Phi) is 6.07. The number of anilines is 2. The van der Waals surface area contributed by atoms with Crippen LogP contribution in [0.4, 0.5) is 11.4 Å². The monoisotopic (exact) mass is 397 g/mol. The zero-order valence-electron chi connectivity index (χ0n) is 13.5. The Bertz CT molecular complexity index is 761. The van der Waals surface area contributed by atoms with Crippen LogP contribution in [-0.4, -0.2) is 43.5 Å². The molecule has 2 aromatic rings. The molecule has 0 radical (unpaired) electrons. The lowest BCUT2D eigenvalue weighted by molar-refractivity contribution is -0.117. The van der Waals surface area contributed by atoms with E-state index < -0.39 is 0 Å². The van der Waals surface area contributed by atoms with E-state index in [-0.39, 0.29) is 5.91 Å². The second kappa shape index (κ2) is 8.28. The SMILES string of the molecule is O=C(CN1CCN(c2cccc(Cl)c2)CC1)Nc1cccc(Cl)c1Cl. The summed E-state index contributed by atoms with van der Waals surface area (Å²) < 4.78 is 0. The number of amides is 1. The van der Waals surface area contributed by atoms with E-state index in [1.807, 2.05) is 18.2 Å². The Hall–Kier alpha value is -1.46. The molecule has 2 aromatic carbocycles. The van der Waals surface area contributed by atoms with Crippen molar-refractivity contribution >= 4 is 52.1 Å². The van der Waals surface area contributed by atoms with Gasteiger partial charge in [0.05, 0.1) is 22.3 Å². The summed E-state index contributed by atoms with van der Waals surface area (Å²) in [6, 6.07) is 13.0. The second-order valence-electron chi connectivity index (χ2n) is 5.89. The van der Waals surface area contributed by atoms with Gasteiger partial charge in [-0.05, 0) is 30.3 Å². The smallest absolute Gasteiger partial charge is 0.238 e. The van der Waals surface area contributed by atoms with Gasteiger partial charge in [-0.25, -0.2) is 0 Å². The maximum atomic E-state index is 12.3. The minimum absolute atomic E-state index is 0.0969. The standard InChI is InChI=1S/C18H18Cl3N3O/c19-13-3-1-4-14(11-13)24-9-7-23(8-10-24)12-17(25)22-16-6-2-5-15(20)18(16)21/h1-6,11H,7-10,12H2,(H,22,25). The van der Waals surface area contributed by atoms with Crippen LogP contribution in [0, 0.1) is 0 Å². The molecule has 1 aliphatic rings. The van der Waals surface area contributed by atoms with E-state index in [0.717, 1.165) is 36.9 Å². The normalized spacial score (nSPS) is 15.2. The van der Waals surface area contributed by atoms with Gasteiger partial charge >= 0.3 is 0 Å². The van der Waals surface area contributed by atoms with Crippen LogP contribution < -0.4 is 10.2 Å². The Labute approximate surface area is 162 Å². The van der Waals surface area contributed by atoms with Gasteiger partial charge in [-0.1, -0.05) is 46.9 Å². The van der Waals surface area contributed by atoms with Crippen LogP contribution in [-0.2, 0) is 4.79 Å². The van der Waals surface area contributed by atoms with Gasteiger partial charge in [0, 0.05) is 36.9 Å². The number of carbonyl (C=O) groups excluding carboxylic acids is 1. The molecule has 0 saturated carbocycles. The molecule has 0 atom stereocenters. The quantitative estimate of drug-likeness (QED) is 0.829. The van der Waals surface area contributed by atoms with Gasteiger partial charge in [-0.15, -0.1) is 0 Å². The zero-order valence-corrected chi connectivity index (χ0v) is 15.8. The summed E-state index contributed by atoms with van der Waals surface area (Å²) in [7, 11) is 0. The van der Waals surface area contributed by atoms with Crippen molar-refractivity contribution in [2.75, 3.05) is 42.9 Å². The highest BCUT2D eigenvalue weighted by Crippen LogP contribution is 2.29. The lowest BCUT2D eigenvalue weighted by atomic mass is 10.2. The van der Waals surface area contributed by atoms with E-state index in [9.17, 15) is 4.79 Å². The van der Waals surface area contributed by atoms with Gasteiger partial charge in [0.2, 0.25) is 5.91 Å². The Morgan fingerprint density at radius 1 is 1.00 bits per heavy atom. The molecule has 0 bridgehead atoms. The number of carbonyl (C=O) groups is 1. The van der Waals surface area contributed by atoms with Crippen LogP contribution in [0.25, 0.3) is 0 Å². The summed E-state index contributed by atoms with van der Waals surface area (Å²) >= 11 is 18.1. The van der Waals surface area contributed by atoms with Crippen molar-refractivity contribution in [2.45, 2.75) is 0 Å². The summed E-state index contributed by atoms with van der Waals surface area (Å²) in [4.78, 5) is 16.6. The molecule has 1 N–H and O–H groups in total. The van der Waals surface area contributed by atoms with E-state index in [2.05, 4.69) is 21.2 Å². The van der Waals surface area contributed by atoms with Crippen molar-refractivity contribution in [1.29, 1.82) is 0 Å². The first-order valence-electron chi connectivity index (χ1n) is 7.99. The zero-order chi connectivity index (χ0) is 17.8. The molecule has 7 heteroatoms. The van der Waals surface area contributed by atoms with Crippen molar-refractivity contribution in [3.8, 4) is 0 Å². The molecule has 3 rings (SSSR count). The minimum Gasteiger partial charge on any atom is -0.369 e. The fourth-order valence-electron chi connectivity index (χ4n) is 2.83. The molecular weight excluding hydrogens is 381 g/mol. The molecule has 4 nitrogen and oxygen atoms in total. The Balaban J connectivity index is 1.52. The topological polar surface area (TPSA) is 35.6 Å². The molecule has 0 spiro atoms. The Morgan fingerprint density at radius 2 is 1.72 bits per heavy atom. The molecule has 1 fully saturated rings. The van der Waals surface area contributed by atoms with Gasteiger partial charge in [0.1, 0.15) is 0 Å². The highest BCUT2D eigenvalue weighted by molar-refractivity contribution is 6.44. The number of piperazine rings is 1. The van der Waals surface area contributed by atoms with E-state index in [0.29, 0.717) is 22.3 Å². The number of hydrogen-bond donors (Lipinski definition) is 1. The van der Waals surface area contributed by atoms with E-state index in [1.54, 1.807) is 18.2 Å². The fourth-order valence-corrected chi connectivity index (χ4v) is 3.36. The van der Waals surface area contributed by atoms with Crippen LogP contribution in [0.1, 0.15) is 0 Å². The Morgan fingerprint density at radius 3 is 2.44 bits per heavy atom. The first-order chi connectivity index (χ1) is 12.0. The highest BCUT2D eigenvalue weighted by atomic mass is 35.5. The summed E-state index contributed by atoms with van der Waals surface area (Å²) in [6.07, 6.45) is 0. The molecule has 0 aromatic heterocycles. The second-order valence-corrected chi connectivity index (χ2v) is 7.11. The minimum atomic E-state index is -0.0969. The average Bonchev–Trinajstić information content (AvgIpc) is 2.60. The molecule has 1 heterocycles. The molecule has 0 unspecified atom stereocenters. The van der Waals surface area contributed by atoms with Crippen molar-refractivity contribution in [3.63, 3.8) is 0 Å². The molecule has 25 heavy (non-hydrogen) atoms. The number of nitrogens with zero attached hydrogens (tertiary/aromatic N) is 2. The third kappa shape index (κ3) is 4.79. The van der Waals surface area contributed by atoms with Crippen molar-refractivity contribution in [2.24, 2.45) is 0 Å². The summed E-state index contributed by atoms with van der Waals surface area (Å²) in [6.45, 7) is 3.65. The molecular formula is C18H18Cl3N3O. The highest BCUT2D eigenvalue weighted by Gasteiger charge is 2.20. The number of benzene rings is 2. The third-order valence-corrected chi connectivity index (χ3v) is 5.19. The van der Waals surface area contributed by atoms with E-state index in [4.69, 9.17) is 34.8 Å². The number of nitrogens with one attached hydrogen (secondary N) is 1. The summed E-state index contributed by atoms with van der Waals surface area (Å²) in [5.74, 6) is -0.0969. The van der Waals surface area contributed by atoms with Crippen LogP contribution >= 0.6 is 34.8 Å². The third-order valence-electron chi connectivity index (χ3n) is 4.14. The fraction of sp³-hybridized carbons (Fsp3) is 0.278. The summed E-state index contributed by atoms with van der Waals surface area (Å²) in [5, 5.41) is 4.34. The molecule has 0 aliphatic carbocycles. The largest absolute Gasteiger partial charge is 0.369 e. The van der Waals surface area contributed by atoms with E-state index >= 15 is 0 Å². The van der Waals surface area contributed by atoms with Gasteiger partial charge in [0.15, 0.2) is 0 Å². The van der Waals surface area contributed by atoms with Crippen LogP contribution in [0.5, 0.6) is 0 Å². The van der Waals surface area contributed by atoms with Gasteiger partial charge in [-0.2, -0.15) is 0 Å². The first-order valence-corrected chi connectivity index (χ1v) is 9.13. The van der Waals surface area contributed by atoms with Gasteiger partial charge < -0.3 is 10.2 Å². The van der Waals surface area contributed by atoms with Crippen molar-refractivity contribution in [3.05, 3.63) is 57.5 Å². The number of hydrogen-bond acceptors (Lipinski definition) is 3. The summed E-state index contributed by atoms with van der Waals surface area (Å²) in [5.41, 5.74) is 1.65. The molecule has 1 aliphatic heterocycles.